The van der Waals surface area contributed by atoms with Gasteiger partial charge in [0.25, 0.3) is 0 Å². The summed E-state index contributed by atoms with van der Waals surface area (Å²) in [4.78, 5) is 0. The van der Waals surface area contributed by atoms with E-state index >= 15 is 0 Å². The van der Waals surface area contributed by atoms with E-state index in [2.05, 4.69) is 0 Å². The second kappa shape index (κ2) is 5.18. The summed E-state index contributed by atoms with van der Waals surface area (Å²) in [7, 11) is 1.53. The molecule has 0 bridgehead atoms. The minimum absolute atomic E-state index is 0.0916. The molecule has 0 spiro atoms. The number of fused-ring (bicyclic) bond motifs is 1. The fourth-order valence-electron chi connectivity index (χ4n) is 2.51. The fraction of sp³-hybridized carbons (Fsp3) is 0.250. The average molecular weight is 288 g/mol. The van der Waals surface area contributed by atoms with Crippen molar-refractivity contribution >= 4 is 0 Å². The third kappa shape index (κ3) is 2.48. The lowest BCUT2D eigenvalue weighted by Gasteiger charge is -2.15. The number of phenolic OH excluding ortho intramolecular Hbond substituents is 2. The van der Waals surface area contributed by atoms with Gasteiger partial charge in [0.2, 0.25) is 0 Å². The smallest absolute Gasteiger partial charge is 0.133 e. The first kappa shape index (κ1) is 13.6. The fourth-order valence-corrected chi connectivity index (χ4v) is 2.51. The predicted molar refractivity (Wildman–Crippen MR) is 75.8 cm³/mol. The molecule has 0 aromatic heterocycles. The van der Waals surface area contributed by atoms with Gasteiger partial charge in [-0.2, -0.15) is 0 Å². The Morgan fingerprint density at radius 1 is 1.14 bits per heavy atom. The number of rotatable bonds is 3. The van der Waals surface area contributed by atoms with Crippen molar-refractivity contribution in [2.24, 2.45) is 0 Å². The van der Waals surface area contributed by atoms with Crippen LogP contribution in [0.5, 0.6) is 23.0 Å². The first-order chi connectivity index (χ1) is 10.1. The topological polar surface area (TPSA) is 79.2 Å². The Bertz CT molecular complexity index is 668. The standard InChI is InChI=1S/C16H16O5/c1-20-11-4-2-9(13(18)8-11)6-15-16(19)12-5-3-10(17)7-14(12)21-15/h2-5,7-8,15-19H,6H2,1H3/t15-,16+/m0/s1. The molecule has 0 saturated heterocycles. The number of phenols is 2. The molecular formula is C16H16O5. The summed E-state index contributed by atoms with van der Waals surface area (Å²) < 4.78 is 10.7. The van der Waals surface area contributed by atoms with Crippen LogP contribution in [-0.2, 0) is 6.42 Å². The number of aliphatic hydroxyl groups excluding tert-OH is 1. The van der Waals surface area contributed by atoms with Gasteiger partial charge in [0, 0.05) is 24.1 Å². The highest BCUT2D eigenvalue weighted by molar-refractivity contribution is 5.46. The van der Waals surface area contributed by atoms with Gasteiger partial charge in [-0.05, 0) is 23.8 Å². The van der Waals surface area contributed by atoms with Crippen LogP contribution >= 0.6 is 0 Å². The first-order valence-electron chi connectivity index (χ1n) is 6.62. The van der Waals surface area contributed by atoms with E-state index in [-0.39, 0.29) is 11.5 Å². The predicted octanol–water partition coefficient (Wildman–Crippen LogP) is 2.14. The minimum atomic E-state index is -0.790. The molecule has 2 aromatic rings. The van der Waals surface area contributed by atoms with Gasteiger partial charge < -0.3 is 24.8 Å². The molecule has 2 aromatic carbocycles. The van der Waals surface area contributed by atoms with Crippen LogP contribution in [0.1, 0.15) is 17.2 Å². The van der Waals surface area contributed by atoms with E-state index in [1.54, 1.807) is 18.2 Å². The maximum absolute atomic E-state index is 10.3. The van der Waals surface area contributed by atoms with Crippen molar-refractivity contribution in [2.75, 3.05) is 7.11 Å². The lowest BCUT2D eigenvalue weighted by molar-refractivity contribution is 0.0675. The quantitative estimate of drug-likeness (QED) is 0.806. The van der Waals surface area contributed by atoms with E-state index in [1.165, 1.54) is 25.3 Å². The molecule has 0 amide bonds. The summed E-state index contributed by atoms with van der Waals surface area (Å²) in [6, 6.07) is 9.64. The summed E-state index contributed by atoms with van der Waals surface area (Å²) in [6.45, 7) is 0. The minimum Gasteiger partial charge on any atom is -0.508 e. The molecule has 0 aliphatic carbocycles. The van der Waals surface area contributed by atoms with Gasteiger partial charge in [0.1, 0.15) is 35.2 Å². The van der Waals surface area contributed by atoms with Crippen molar-refractivity contribution in [3.63, 3.8) is 0 Å². The number of benzene rings is 2. The van der Waals surface area contributed by atoms with Crippen LogP contribution in [0.25, 0.3) is 0 Å². The van der Waals surface area contributed by atoms with Crippen LogP contribution in [0.15, 0.2) is 36.4 Å². The lowest BCUT2D eigenvalue weighted by atomic mass is 10.00. The van der Waals surface area contributed by atoms with Crippen molar-refractivity contribution in [1.82, 2.24) is 0 Å². The van der Waals surface area contributed by atoms with E-state index in [0.29, 0.717) is 29.0 Å². The van der Waals surface area contributed by atoms with Crippen LogP contribution in [0.4, 0.5) is 0 Å². The Morgan fingerprint density at radius 3 is 2.67 bits per heavy atom. The number of ether oxygens (including phenoxy) is 2. The highest BCUT2D eigenvalue weighted by Crippen LogP contribution is 2.40. The van der Waals surface area contributed by atoms with Crippen molar-refractivity contribution in [3.05, 3.63) is 47.5 Å². The second-order valence-corrected chi connectivity index (χ2v) is 5.02. The van der Waals surface area contributed by atoms with Gasteiger partial charge in [-0.1, -0.05) is 6.07 Å². The summed E-state index contributed by atoms with van der Waals surface area (Å²) >= 11 is 0. The Balaban J connectivity index is 1.81. The summed E-state index contributed by atoms with van der Waals surface area (Å²) in [5, 5.41) is 29.7. The Labute approximate surface area is 122 Å². The molecule has 5 heteroatoms. The van der Waals surface area contributed by atoms with Gasteiger partial charge >= 0.3 is 0 Å². The number of aromatic hydroxyl groups is 2. The third-order valence-corrected chi connectivity index (χ3v) is 3.66. The molecule has 110 valence electrons. The average Bonchev–Trinajstić information content (AvgIpc) is 2.77. The summed E-state index contributed by atoms with van der Waals surface area (Å²) in [5.41, 5.74) is 1.31. The number of hydrogen-bond donors (Lipinski definition) is 3. The van der Waals surface area contributed by atoms with Crippen LogP contribution in [0.2, 0.25) is 0 Å². The zero-order chi connectivity index (χ0) is 15.0. The molecule has 1 heterocycles. The molecule has 5 nitrogen and oxygen atoms in total. The van der Waals surface area contributed by atoms with Crippen molar-refractivity contribution in [2.45, 2.75) is 18.6 Å². The molecule has 0 saturated carbocycles. The van der Waals surface area contributed by atoms with Crippen LogP contribution in [0.3, 0.4) is 0 Å². The summed E-state index contributed by atoms with van der Waals surface area (Å²) in [5.74, 6) is 1.23. The highest BCUT2D eigenvalue weighted by Gasteiger charge is 2.33. The van der Waals surface area contributed by atoms with Gasteiger partial charge in [-0.15, -0.1) is 0 Å². The number of aliphatic hydroxyl groups is 1. The zero-order valence-electron chi connectivity index (χ0n) is 11.5. The van der Waals surface area contributed by atoms with Crippen LogP contribution < -0.4 is 9.47 Å². The van der Waals surface area contributed by atoms with Gasteiger partial charge in [0.15, 0.2) is 0 Å². The number of hydrogen-bond acceptors (Lipinski definition) is 5. The largest absolute Gasteiger partial charge is 0.508 e. The van der Waals surface area contributed by atoms with Crippen molar-refractivity contribution < 1.29 is 24.8 Å². The molecule has 1 aliphatic heterocycles. The van der Waals surface area contributed by atoms with Crippen LogP contribution in [0, 0.1) is 0 Å². The van der Waals surface area contributed by atoms with Crippen LogP contribution in [-0.4, -0.2) is 28.5 Å². The summed E-state index contributed by atoms with van der Waals surface area (Å²) in [6.07, 6.45) is -0.935. The van der Waals surface area contributed by atoms with E-state index < -0.39 is 12.2 Å². The molecule has 3 N–H and O–H groups in total. The van der Waals surface area contributed by atoms with Gasteiger partial charge in [-0.3, -0.25) is 0 Å². The second-order valence-electron chi connectivity index (χ2n) is 5.02. The van der Waals surface area contributed by atoms with Crippen molar-refractivity contribution in [3.8, 4) is 23.0 Å². The molecule has 0 fully saturated rings. The van der Waals surface area contributed by atoms with Crippen molar-refractivity contribution in [1.29, 1.82) is 0 Å². The first-order valence-corrected chi connectivity index (χ1v) is 6.62. The molecule has 21 heavy (non-hydrogen) atoms. The Kier molecular flexibility index (Phi) is 3.35. The monoisotopic (exact) mass is 288 g/mol. The van der Waals surface area contributed by atoms with E-state index in [1.807, 2.05) is 0 Å². The SMILES string of the molecule is COc1ccc(C[C@@H]2Oc3cc(O)ccc3[C@H]2O)c(O)c1. The molecule has 3 rings (SSSR count). The molecule has 0 radical (unpaired) electrons. The third-order valence-electron chi connectivity index (χ3n) is 3.66. The normalized spacial score (nSPS) is 19.9. The molecule has 2 atom stereocenters. The highest BCUT2D eigenvalue weighted by atomic mass is 16.5. The van der Waals surface area contributed by atoms with Gasteiger partial charge in [-0.25, -0.2) is 0 Å². The number of methoxy groups -OCH3 is 1. The van der Waals surface area contributed by atoms with E-state index in [0.717, 1.165) is 0 Å². The van der Waals surface area contributed by atoms with Gasteiger partial charge in [0.05, 0.1) is 7.11 Å². The van der Waals surface area contributed by atoms with E-state index in [9.17, 15) is 15.3 Å². The molecular weight excluding hydrogens is 272 g/mol. The maximum Gasteiger partial charge on any atom is 0.133 e. The maximum atomic E-state index is 10.3. The molecule has 0 unspecified atom stereocenters. The Hall–Kier alpha value is -2.40. The lowest BCUT2D eigenvalue weighted by Crippen LogP contribution is -2.21. The van der Waals surface area contributed by atoms with E-state index in [4.69, 9.17) is 9.47 Å². The zero-order valence-corrected chi connectivity index (χ0v) is 11.5. The Morgan fingerprint density at radius 2 is 1.95 bits per heavy atom. The molecule has 1 aliphatic rings.